The Morgan fingerprint density at radius 3 is 0.842 bits per heavy atom. The van der Waals surface area contributed by atoms with Crippen molar-refractivity contribution in [3.63, 3.8) is 0 Å². The number of ether oxygens (including phenoxy) is 4. The highest BCUT2D eigenvalue weighted by Crippen LogP contribution is 2.45. The number of phosphoric acid groups is 2. The van der Waals surface area contributed by atoms with Gasteiger partial charge in [0.2, 0.25) is 0 Å². The summed E-state index contributed by atoms with van der Waals surface area (Å²) in [7, 11) is -9.93. The van der Waals surface area contributed by atoms with Gasteiger partial charge >= 0.3 is 39.5 Å². The van der Waals surface area contributed by atoms with Gasteiger partial charge in [-0.05, 0) is 57.3 Å². The van der Waals surface area contributed by atoms with Crippen LogP contribution in [-0.4, -0.2) is 96.7 Å². The molecule has 3 unspecified atom stereocenters. The number of aliphatic hydroxyl groups excluding tert-OH is 1. The van der Waals surface area contributed by atoms with Gasteiger partial charge in [-0.1, -0.05) is 361 Å². The van der Waals surface area contributed by atoms with Crippen LogP contribution in [-0.2, 0) is 65.4 Å². The van der Waals surface area contributed by atoms with Crippen molar-refractivity contribution in [1.82, 2.24) is 0 Å². The zero-order valence-electron chi connectivity index (χ0n) is 65.5. The minimum absolute atomic E-state index is 0.0846. The van der Waals surface area contributed by atoms with Crippen molar-refractivity contribution in [3.8, 4) is 0 Å². The molecule has 0 aliphatic heterocycles. The highest BCUT2D eigenvalue weighted by Gasteiger charge is 2.30. The zero-order chi connectivity index (χ0) is 74.1. The molecule has 6 atom stereocenters. The van der Waals surface area contributed by atoms with E-state index in [1.807, 2.05) is 0 Å². The van der Waals surface area contributed by atoms with Crippen molar-refractivity contribution >= 4 is 39.5 Å². The van der Waals surface area contributed by atoms with Crippen LogP contribution in [0.5, 0.6) is 0 Å². The Morgan fingerprint density at radius 2 is 0.554 bits per heavy atom. The van der Waals surface area contributed by atoms with Crippen molar-refractivity contribution in [2.24, 2.45) is 5.92 Å². The number of esters is 4. The Kier molecular flexibility index (Phi) is 72.6. The van der Waals surface area contributed by atoms with E-state index in [2.05, 4.69) is 58.9 Å². The number of allylic oxidation sites excluding steroid dienone is 4. The molecule has 0 aliphatic carbocycles. The summed E-state index contributed by atoms with van der Waals surface area (Å²) in [4.78, 5) is 73.0. The van der Waals surface area contributed by atoms with Crippen LogP contribution in [0.1, 0.15) is 413 Å². The number of hydrogen-bond donors (Lipinski definition) is 3. The molecule has 0 saturated carbocycles. The second kappa shape index (κ2) is 74.4. The molecule has 0 spiro atoms. The molecule has 19 heteroatoms. The largest absolute Gasteiger partial charge is 0.472 e. The maximum Gasteiger partial charge on any atom is 0.472 e. The molecule has 0 saturated heterocycles. The Labute approximate surface area is 618 Å². The van der Waals surface area contributed by atoms with Gasteiger partial charge in [-0.2, -0.15) is 0 Å². The van der Waals surface area contributed by atoms with Gasteiger partial charge in [0.1, 0.15) is 19.3 Å². The van der Waals surface area contributed by atoms with Gasteiger partial charge in [0.25, 0.3) is 0 Å². The maximum atomic E-state index is 13.1. The Morgan fingerprint density at radius 1 is 0.317 bits per heavy atom. The summed E-state index contributed by atoms with van der Waals surface area (Å²) in [6.07, 6.45) is 68.9. The first-order chi connectivity index (χ1) is 49.1. The average molecular weight is 1480 g/mol. The lowest BCUT2D eigenvalue weighted by molar-refractivity contribution is -0.161. The van der Waals surface area contributed by atoms with Gasteiger partial charge in [-0.3, -0.25) is 37.3 Å². The molecular weight excluding hydrogens is 1320 g/mol. The van der Waals surface area contributed by atoms with E-state index in [0.717, 1.165) is 115 Å². The zero-order valence-corrected chi connectivity index (χ0v) is 67.3. The maximum absolute atomic E-state index is 13.1. The monoisotopic (exact) mass is 1480 g/mol. The van der Waals surface area contributed by atoms with Crippen molar-refractivity contribution in [1.29, 1.82) is 0 Å². The third kappa shape index (κ3) is 74.2. The molecule has 0 bridgehead atoms. The number of rotatable bonds is 80. The fourth-order valence-corrected chi connectivity index (χ4v) is 13.8. The summed E-state index contributed by atoms with van der Waals surface area (Å²) >= 11 is 0. The summed E-state index contributed by atoms with van der Waals surface area (Å²) in [6.45, 7) is 7.23. The summed E-state index contributed by atoms with van der Waals surface area (Å²) in [5, 5.41) is 10.6. The van der Waals surface area contributed by atoms with E-state index in [-0.39, 0.29) is 25.7 Å². The van der Waals surface area contributed by atoms with Crippen LogP contribution >= 0.6 is 15.6 Å². The molecular formula is C82H156O17P2. The quantitative estimate of drug-likeness (QED) is 0.0169. The molecule has 0 fully saturated rings. The minimum atomic E-state index is -4.97. The third-order valence-corrected chi connectivity index (χ3v) is 20.9. The van der Waals surface area contributed by atoms with Crippen molar-refractivity contribution < 1.29 is 80.2 Å². The second-order valence-corrected chi connectivity index (χ2v) is 32.0. The standard InChI is InChI=1S/C82H156O17P2/c1-6-10-13-16-19-22-25-28-31-33-34-35-36-39-42-45-48-51-58-63-67-81(86)98-77(71-92-79(84)65-60-55-49-46-43-40-38-32-29-26-23-20-17-14-11-7-2)73-96-100(88,89)94-69-76(83)70-95-101(90,91)97-74-78(72-93-80(85)66-61-56-53-52-54-59-64-75(5)9-4)99-82(87)68-62-57-50-47-44-41-37-30-27-24-21-18-15-12-8-3/h24,27,30,37,75-78,83H,6-23,25-26,28-29,31-36,38-74H2,1-5H3,(H,88,89)(H,90,91)/b27-24-,37-30-/t75?,76-,77-,78-/m1/s1. The van der Waals surface area contributed by atoms with E-state index in [4.69, 9.17) is 37.0 Å². The average Bonchev–Trinajstić information content (AvgIpc) is 0.968. The Balaban J connectivity index is 5.26. The molecule has 0 rings (SSSR count). The summed E-state index contributed by atoms with van der Waals surface area (Å²) in [5.74, 6) is -1.41. The van der Waals surface area contributed by atoms with Gasteiger partial charge < -0.3 is 33.8 Å². The first-order valence-electron chi connectivity index (χ1n) is 42.0. The van der Waals surface area contributed by atoms with Crippen LogP contribution in [0.15, 0.2) is 24.3 Å². The van der Waals surface area contributed by atoms with Crippen molar-refractivity contribution in [2.75, 3.05) is 39.6 Å². The van der Waals surface area contributed by atoms with Crippen LogP contribution in [0.2, 0.25) is 0 Å². The molecule has 17 nitrogen and oxygen atoms in total. The summed E-state index contributed by atoms with van der Waals surface area (Å²) in [6, 6.07) is 0. The molecule has 0 aliphatic rings. The van der Waals surface area contributed by atoms with Crippen LogP contribution < -0.4 is 0 Å². The Hall–Kier alpha value is -2.46. The summed E-state index contributed by atoms with van der Waals surface area (Å²) in [5.41, 5.74) is 0. The lowest BCUT2D eigenvalue weighted by Gasteiger charge is -2.21. The lowest BCUT2D eigenvalue weighted by Crippen LogP contribution is -2.30. The smallest absolute Gasteiger partial charge is 0.462 e. The third-order valence-electron chi connectivity index (χ3n) is 19.0. The van der Waals surface area contributed by atoms with Gasteiger partial charge in [0.15, 0.2) is 12.2 Å². The van der Waals surface area contributed by atoms with E-state index in [9.17, 15) is 43.2 Å². The van der Waals surface area contributed by atoms with Gasteiger partial charge in [0.05, 0.1) is 26.4 Å². The molecule has 0 radical (unpaired) electrons. The number of carbonyl (C=O) groups is 4. The number of aliphatic hydroxyl groups is 1. The minimum Gasteiger partial charge on any atom is -0.462 e. The predicted molar refractivity (Wildman–Crippen MR) is 414 cm³/mol. The topological polar surface area (TPSA) is 237 Å². The van der Waals surface area contributed by atoms with E-state index < -0.39 is 97.5 Å². The summed E-state index contributed by atoms with van der Waals surface area (Å²) < 4.78 is 68.7. The number of phosphoric ester groups is 2. The van der Waals surface area contributed by atoms with E-state index in [1.54, 1.807) is 0 Å². The molecule has 596 valence electrons. The SMILES string of the molecule is CCCCCC/C=C\C=C/CCCCCCCC(=O)O[C@H](COC(=O)CCCCCCCCC(C)CC)COP(=O)(O)OC[C@H](O)COP(=O)(O)OC[C@@H](COC(=O)CCCCCCCCCCCCCCCCCC)OC(=O)CCCCCCCCCCCCCCCCCCCCCC. The molecule has 3 N–H and O–H groups in total. The molecule has 0 heterocycles. The van der Waals surface area contributed by atoms with Crippen LogP contribution in [0.3, 0.4) is 0 Å². The first-order valence-corrected chi connectivity index (χ1v) is 45.0. The lowest BCUT2D eigenvalue weighted by atomic mass is 10.00. The molecule has 0 amide bonds. The highest BCUT2D eigenvalue weighted by molar-refractivity contribution is 7.47. The highest BCUT2D eigenvalue weighted by atomic mass is 31.2. The van der Waals surface area contributed by atoms with Gasteiger partial charge in [0, 0.05) is 25.7 Å². The van der Waals surface area contributed by atoms with Crippen LogP contribution in [0, 0.1) is 5.92 Å². The molecule has 0 aromatic heterocycles. The second-order valence-electron chi connectivity index (χ2n) is 29.1. The van der Waals surface area contributed by atoms with Gasteiger partial charge in [-0.25, -0.2) is 9.13 Å². The molecule has 0 aromatic rings. The first kappa shape index (κ1) is 98.5. The number of unbranched alkanes of at least 4 members (excludes halogenated alkanes) is 48. The van der Waals surface area contributed by atoms with E-state index in [0.29, 0.717) is 25.7 Å². The Bertz CT molecular complexity index is 2020. The van der Waals surface area contributed by atoms with Crippen molar-refractivity contribution in [3.05, 3.63) is 24.3 Å². The van der Waals surface area contributed by atoms with Crippen molar-refractivity contribution in [2.45, 2.75) is 432 Å². The fraction of sp³-hybridized carbons (Fsp3) is 0.902. The normalized spacial score (nSPS) is 14.3. The fourth-order valence-electron chi connectivity index (χ4n) is 12.2. The molecule has 0 aromatic carbocycles. The number of hydrogen-bond acceptors (Lipinski definition) is 15. The molecule has 101 heavy (non-hydrogen) atoms. The van der Waals surface area contributed by atoms with E-state index in [1.165, 1.54) is 218 Å². The number of carbonyl (C=O) groups excluding carboxylic acids is 4. The van der Waals surface area contributed by atoms with Gasteiger partial charge in [-0.15, -0.1) is 0 Å². The predicted octanol–water partition coefficient (Wildman–Crippen LogP) is 24.4. The van der Waals surface area contributed by atoms with E-state index >= 15 is 0 Å². The van der Waals surface area contributed by atoms with Crippen LogP contribution in [0.25, 0.3) is 0 Å². The van der Waals surface area contributed by atoms with Crippen LogP contribution in [0.4, 0.5) is 0 Å².